The number of thioether (sulfide) groups is 2. The van der Waals surface area contributed by atoms with Gasteiger partial charge >= 0.3 is 0 Å². The van der Waals surface area contributed by atoms with E-state index < -0.39 is 0 Å². The predicted molar refractivity (Wildman–Crippen MR) is 129 cm³/mol. The molecule has 2 aromatic heterocycles. The number of thiazole rings is 1. The minimum atomic E-state index is -0.279. The monoisotopic (exact) mass is 469 g/mol. The summed E-state index contributed by atoms with van der Waals surface area (Å²) in [5, 5.41) is 12.3. The van der Waals surface area contributed by atoms with Crippen LogP contribution in [0.2, 0.25) is 0 Å². The molecule has 0 fully saturated rings. The van der Waals surface area contributed by atoms with Crippen molar-refractivity contribution in [2.24, 2.45) is 0 Å². The van der Waals surface area contributed by atoms with Crippen molar-refractivity contribution in [1.29, 1.82) is 0 Å². The van der Waals surface area contributed by atoms with E-state index in [1.807, 2.05) is 73.9 Å². The minimum Gasteiger partial charge on any atom is -0.353 e. The molecule has 9 heteroatoms. The van der Waals surface area contributed by atoms with Crippen LogP contribution in [0.4, 0.5) is 0 Å². The highest BCUT2D eigenvalue weighted by Gasteiger charge is 2.21. The SMILES string of the molecule is CC(C)NC(=O)C(C)Sc1nnc(CSc2nc3ccccc3s2)n1-c1ccccc1. The van der Waals surface area contributed by atoms with Crippen LogP contribution < -0.4 is 5.32 Å². The Bertz CT molecular complexity index is 1140. The Balaban J connectivity index is 1.58. The standard InChI is InChI=1S/C22H23N5OS3/c1-14(2)23-20(28)15(3)30-21-26-25-19(27(21)16-9-5-4-6-10-16)13-29-22-24-17-11-7-8-12-18(17)31-22/h4-12,14-15H,13H2,1-3H3,(H,23,28). The third kappa shape index (κ3) is 5.28. The van der Waals surface area contributed by atoms with Crippen molar-refractivity contribution in [3.05, 3.63) is 60.4 Å². The lowest BCUT2D eigenvalue weighted by molar-refractivity contribution is -0.120. The summed E-state index contributed by atoms with van der Waals surface area (Å²) in [4.78, 5) is 17.1. The summed E-state index contributed by atoms with van der Waals surface area (Å²) < 4.78 is 4.21. The van der Waals surface area contributed by atoms with Gasteiger partial charge in [0.2, 0.25) is 5.91 Å². The lowest BCUT2D eigenvalue weighted by atomic mass is 10.3. The van der Waals surface area contributed by atoms with Gasteiger partial charge in [-0.2, -0.15) is 0 Å². The molecule has 0 aliphatic carbocycles. The van der Waals surface area contributed by atoms with E-state index in [-0.39, 0.29) is 17.2 Å². The highest BCUT2D eigenvalue weighted by atomic mass is 32.2. The largest absolute Gasteiger partial charge is 0.353 e. The normalized spacial score (nSPS) is 12.4. The molecule has 0 aliphatic heterocycles. The van der Waals surface area contributed by atoms with Gasteiger partial charge in [0.05, 0.1) is 21.2 Å². The summed E-state index contributed by atoms with van der Waals surface area (Å²) in [5.41, 5.74) is 1.99. The van der Waals surface area contributed by atoms with Crippen molar-refractivity contribution in [2.45, 2.75) is 47.3 Å². The number of aromatic nitrogens is 4. The molecule has 4 rings (SSSR count). The number of hydrogen-bond donors (Lipinski definition) is 1. The number of nitrogens with zero attached hydrogens (tertiary/aromatic N) is 4. The molecule has 0 spiro atoms. The number of rotatable bonds is 8. The lowest BCUT2D eigenvalue weighted by Gasteiger charge is -2.15. The van der Waals surface area contributed by atoms with E-state index in [9.17, 15) is 4.79 Å². The first-order valence-corrected chi connectivity index (χ1v) is 12.6. The number of benzene rings is 2. The van der Waals surface area contributed by atoms with E-state index in [4.69, 9.17) is 4.98 Å². The number of nitrogens with one attached hydrogen (secondary N) is 1. The molecule has 31 heavy (non-hydrogen) atoms. The molecule has 0 saturated carbocycles. The summed E-state index contributed by atoms with van der Waals surface area (Å²) in [6.45, 7) is 5.81. The molecule has 1 atom stereocenters. The maximum atomic E-state index is 12.4. The van der Waals surface area contributed by atoms with E-state index >= 15 is 0 Å². The van der Waals surface area contributed by atoms with Crippen LogP contribution in [0.5, 0.6) is 0 Å². The minimum absolute atomic E-state index is 0.00647. The Hall–Kier alpha value is -2.36. The predicted octanol–water partition coefficient (Wildman–Crippen LogP) is 5.17. The lowest BCUT2D eigenvalue weighted by Crippen LogP contribution is -2.36. The van der Waals surface area contributed by atoms with Gasteiger partial charge in [-0.05, 0) is 45.0 Å². The van der Waals surface area contributed by atoms with Gasteiger partial charge in [-0.3, -0.25) is 9.36 Å². The van der Waals surface area contributed by atoms with Crippen molar-refractivity contribution in [1.82, 2.24) is 25.1 Å². The van der Waals surface area contributed by atoms with Crippen molar-refractivity contribution < 1.29 is 4.79 Å². The molecular formula is C22H23N5OS3. The first-order chi connectivity index (χ1) is 15.0. The number of hydrogen-bond acceptors (Lipinski definition) is 7. The van der Waals surface area contributed by atoms with Gasteiger partial charge in [0.25, 0.3) is 0 Å². The number of fused-ring (bicyclic) bond motifs is 1. The third-order valence-electron chi connectivity index (χ3n) is 4.40. The van der Waals surface area contributed by atoms with Gasteiger partial charge in [0, 0.05) is 11.7 Å². The molecule has 1 unspecified atom stereocenters. The zero-order valence-corrected chi connectivity index (χ0v) is 19.9. The second kappa shape index (κ2) is 9.84. The van der Waals surface area contributed by atoms with E-state index in [1.54, 1.807) is 23.1 Å². The molecule has 6 nitrogen and oxygen atoms in total. The molecule has 2 heterocycles. The van der Waals surface area contributed by atoms with Crippen LogP contribution in [0.3, 0.4) is 0 Å². The smallest absolute Gasteiger partial charge is 0.233 e. The molecule has 4 aromatic rings. The molecule has 0 bridgehead atoms. The van der Waals surface area contributed by atoms with Crippen LogP contribution >= 0.6 is 34.9 Å². The molecule has 2 aromatic carbocycles. The maximum absolute atomic E-state index is 12.4. The fourth-order valence-electron chi connectivity index (χ4n) is 2.96. The van der Waals surface area contributed by atoms with Crippen molar-refractivity contribution >= 4 is 51.0 Å². The number of amides is 1. The van der Waals surface area contributed by atoms with Crippen LogP contribution in [0.15, 0.2) is 64.1 Å². The zero-order valence-electron chi connectivity index (χ0n) is 17.5. The van der Waals surface area contributed by atoms with Gasteiger partial charge in [-0.15, -0.1) is 21.5 Å². The molecule has 1 N–H and O–H groups in total. The second-order valence-corrected chi connectivity index (χ2v) is 10.8. The fraction of sp³-hybridized carbons (Fsp3) is 0.273. The summed E-state index contributed by atoms with van der Waals surface area (Å²) in [6.07, 6.45) is 0. The van der Waals surface area contributed by atoms with Gasteiger partial charge in [0.1, 0.15) is 5.82 Å². The van der Waals surface area contributed by atoms with Crippen LogP contribution in [-0.2, 0) is 10.5 Å². The number of carbonyl (C=O) groups excluding carboxylic acids is 1. The molecule has 0 aliphatic rings. The van der Waals surface area contributed by atoms with Gasteiger partial charge < -0.3 is 5.32 Å². The Labute approximate surface area is 193 Å². The Morgan fingerprint density at radius 1 is 1.06 bits per heavy atom. The van der Waals surface area contributed by atoms with Crippen molar-refractivity contribution in [2.75, 3.05) is 0 Å². The fourth-order valence-corrected chi connectivity index (χ4v) is 5.84. The molecule has 160 valence electrons. The first kappa shape index (κ1) is 21.9. The van der Waals surface area contributed by atoms with Gasteiger partial charge in [-0.25, -0.2) is 4.98 Å². The Morgan fingerprint density at radius 2 is 1.81 bits per heavy atom. The summed E-state index contributed by atoms with van der Waals surface area (Å²) in [5.74, 6) is 1.46. The third-order valence-corrected chi connectivity index (χ3v) is 7.61. The van der Waals surface area contributed by atoms with E-state index in [1.165, 1.54) is 16.5 Å². The van der Waals surface area contributed by atoms with E-state index in [0.29, 0.717) is 10.9 Å². The topological polar surface area (TPSA) is 72.7 Å². The molecule has 0 saturated heterocycles. The summed E-state index contributed by atoms with van der Waals surface area (Å²) in [7, 11) is 0. The summed E-state index contributed by atoms with van der Waals surface area (Å²) in [6, 6.07) is 18.3. The zero-order chi connectivity index (χ0) is 21.8. The van der Waals surface area contributed by atoms with Crippen LogP contribution in [0, 0.1) is 0 Å². The van der Waals surface area contributed by atoms with Crippen LogP contribution in [0.1, 0.15) is 26.6 Å². The molecular weight excluding hydrogens is 446 g/mol. The van der Waals surface area contributed by atoms with E-state index in [0.717, 1.165) is 21.4 Å². The van der Waals surface area contributed by atoms with Gasteiger partial charge in [0.15, 0.2) is 9.50 Å². The molecule has 0 radical (unpaired) electrons. The van der Waals surface area contributed by atoms with Crippen LogP contribution in [-0.4, -0.2) is 36.9 Å². The number of para-hydroxylation sites is 2. The quantitative estimate of drug-likeness (QED) is 0.359. The highest BCUT2D eigenvalue weighted by molar-refractivity contribution is 8.00. The molecule has 1 amide bonds. The Morgan fingerprint density at radius 3 is 2.55 bits per heavy atom. The number of carbonyl (C=O) groups is 1. The van der Waals surface area contributed by atoms with Crippen LogP contribution in [0.25, 0.3) is 15.9 Å². The van der Waals surface area contributed by atoms with E-state index in [2.05, 4.69) is 21.6 Å². The van der Waals surface area contributed by atoms with Crippen molar-refractivity contribution in [3.8, 4) is 5.69 Å². The second-order valence-electron chi connectivity index (χ2n) is 7.23. The Kier molecular flexibility index (Phi) is 6.94. The maximum Gasteiger partial charge on any atom is 0.233 e. The average Bonchev–Trinajstić information content (AvgIpc) is 3.35. The summed E-state index contributed by atoms with van der Waals surface area (Å²) >= 11 is 4.75. The van der Waals surface area contributed by atoms with Crippen molar-refractivity contribution in [3.63, 3.8) is 0 Å². The van der Waals surface area contributed by atoms with Gasteiger partial charge in [-0.1, -0.05) is 53.9 Å². The highest BCUT2D eigenvalue weighted by Crippen LogP contribution is 2.33. The first-order valence-electron chi connectivity index (χ1n) is 9.96. The average molecular weight is 470 g/mol.